The molecule has 0 heterocycles. The van der Waals surface area contributed by atoms with Gasteiger partial charge in [-0.25, -0.2) is 0 Å². The molecular formula is C58H115N5O6. The summed E-state index contributed by atoms with van der Waals surface area (Å²) in [5, 5.41) is 15.8. The molecule has 0 rings (SSSR count). The Labute approximate surface area is 426 Å². The number of hydrogen-bond acceptors (Lipinski definition) is 7. The quantitative estimate of drug-likeness (QED) is 0.0382. The third-order valence-electron chi connectivity index (χ3n) is 13.6. The summed E-state index contributed by atoms with van der Waals surface area (Å²) in [7, 11) is 1.75. The van der Waals surface area contributed by atoms with E-state index in [0.717, 1.165) is 51.4 Å². The Balaban J connectivity index is 4.76. The summed E-state index contributed by atoms with van der Waals surface area (Å²) < 4.78 is 12.4. The minimum atomic E-state index is -0.502. The second-order valence-electron chi connectivity index (χ2n) is 24.2. The van der Waals surface area contributed by atoms with Crippen LogP contribution >= 0.6 is 0 Å². The van der Waals surface area contributed by atoms with Gasteiger partial charge in [-0.1, -0.05) is 212 Å². The van der Waals surface area contributed by atoms with E-state index in [0.29, 0.717) is 59.0 Å². The molecule has 0 bridgehead atoms. The maximum absolute atomic E-state index is 13.4. The lowest BCUT2D eigenvalue weighted by Gasteiger charge is -2.30. The smallest absolute Gasteiger partial charge is 0.237 e. The van der Waals surface area contributed by atoms with Gasteiger partial charge in [-0.2, -0.15) is 0 Å². The number of carbonyl (C=O) groups excluding carboxylic acids is 4. The van der Waals surface area contributed by atoms with Crippen LogP contribution in [0.3, 0.4) is 0 Å². The third-order valence-corrected chi connectivity index (χ3v) is 13.6. The molecule has 5 N–H and O–H groups in total. The van der Waals surface area contributed by atoms with Crippen LogP contribution in [0.15, 0.2) is 0 Å². The van der Waals surface area contributed by atoms with Gasteiger partial charge in [-0.15, -0.1) is 0 Å². The molecule has 11 heteroatoms. The first-order valence-electron chi connectivity index (χ1n) is 28.6. The average molecular weight is 979 g/mol. The van der Waals surface area contributed by atoms with Crippen LogP contribution in [-0.4, -0.2) is 89.3 Å². The van der Waals surface area contributed by atoms with Crippen molar-refractivity contribution in [2.45, 2.75) is 256 Å². The highest BCUT2D eigenvalue weighted by atomic mass is 16.5. The SMILES string of the molecule is CCCCCCCCC(CCCCCC)C(=O)NCC(C)(C)COCC(C)(C)CNC(=O)CC[C@H](NC)C(=O)NCC(C)(C)COCC(C)(C)CNC(=O)C(CCCCCC)CCCCCCCC. The number of ether oxygens (including phenoxy) is 2. The fourth-order valence-corrected chi connectivity index (χ4v) is 8.70. The predicted molar refractivity (Wildman–Crippen MR) is 291 cm³/mol. The Morgan fingerprint density at radius 1 is 0.377 bits per heavy atom. The molecule has 0 aliphatic heterocycles. The van der Waals surface area contributed by atoms with Gasteiger partial charge in [0.15, 0.2) is 0 Å². The Hall–Kier alpha value is -2.24. The van der Waals surface area contributed by atoms with Gasteiger partial charge in [0, 0.05) is 66.1 Å². The summed E-state index contributed by atoms with van der Waals surface area (Å²) >= 11 is 0. The van der Waals surface area contributed by atoms with Gasteiger partial charge in [0.1, 0.15) is 0 Å². The van der Waals surface area contributed by atoms with E-state index < -0.39 is 6.04 Å². The van der Waals surface area contributed by atoms with E-state index in [1.807, 2.05) is 0 Å². The zero-order chi connectivity index (χ0) is 52.0. The van der Waals surface area contributed by atoms with Crippen molar-refractivity contribution >= 4 is 23.6 Å². The van der Waals surface area contributed by atoms with E-state index in [2.05, 4.69) is 110 Å². The fraction of sp³-hybridized carbons (Fsp3) is 0.931. The standard InChI is InChI=1S/C58H115N5O6/c1-14-18-22-26-28-32-36-48(34-30-24-20-16-3)52(65)61-41-56(7,8)45-68-44-55(5,6)40-60-51(64)39-38-50(59-13)54(67)63-43-58(11,12)47-69-46-57(9,10)42-62-53(66)49(35-31-25-21-17-4)37-33-29-27-23-19-15-2/h48-50,59H,14-47H2,1-13H3,(H,60,64)(H,61,65)(H,62,66)(H,63,67)/t48?,49?,50-/m0/s1. The van der Waals surface area contributed by atoms with E-state index in [1.165, 1.54) is 103 Å². The first kappa shape index (κ1) is 66.8. The van der Waals surface area contributed by atoms with Crippen molar-refractivity contribution in [1.29, 1.82) is 0 Å². The Morgan fingerprint density at radius 2 is 0.652 bits per heavy atom. The van der Waals surface area contributed by atoms with E-state index in [4.69, 9.17) is 9.47 Å². The molecule has 0 aromatic rings. The van der Waals surface area contributed by atoms with Crippen molar-refractivity contribution in [3.05, 3.63) is 0 Å². The first-order chi connectivity index (χ1) is 32.7. The highest BCUT2D eigenvalue weighted by molar-refractivity contribution is 5.83. The summed E-state index contributed by atoms with van der Waals surface area (Å²) in [6, 6.07) is -0.502. The number of carbonyl (C=O) groups is 4. The maximum atomic E-state index is 13.4. The average Bonchev–Trinajstić information content (AvgIpc) is 3.29. The number of rotatable bonds is 47. The Morgan fingerprint density at radius 3 is 0.971 bits per heavy atom. The van der Waals surface area contributed by atoms with Crippen LogP contribution < -0.4 is 26.6 Å². The van der Waals surface area contributed by atoms with Crippen molar-refractivity contribution in [3.63, 3.8) is 0 Å². The van der Waals surface area contributed by atoms with Crippen molar-refractivity contribution < 1.29 is 28.7 Å². The lowest BCUT2D eigenvalue weighted by Crippen LogP contribution is -2.47. The minimum Gasteiger partial charge on any atom is -0.380 e. The molecule has 4 amide bonds. The highest BCUT2D eigenvalue weighted by Crippen LogP contribution is 2.24. The van der Waals surface area contributed by atoms with Gasteiger partial charge < -0.3 is 36.1 Å². The maximum Gasteiger partial charge on any atom is 0.237 e. The third kappa shape index (κ3) is 37.2. The van der Waals surface area contributed by atoms with E-state index in [-0.39, 0.29) is 63.5 Å². The van der Waals surface area contributed by atoms with Gasteiger partial charge in [0.05, 0.1) is 32.5 Å². The van der Waals surface area contributed by atoms with Crippen LogP contribution in [0.1, 0.15) is 250 Å². The monoisotopic (exact) mass is 978 g/mol. The molecule has 0 saturated carbocycles. The molecule has 0 fully saturated rings. The minimum absolute atomic E-state index is 0.0834. The zero-order valence-electron chi connectivity index (χ0n) is 47.7. The zero-order valence-corrected chi connectivity index (χ0v) is 47.7. The van der Waals surface area contributed by atoms with Crippen molar-refractivity contribution in [3.8, 4) is 0 Å². The number of nitrogens with one attached hydrogen (secondary N) is 5. The van der Waals surface area contributed by atoms with Crippen LogP contribution in [-0.2, 0) is 28.7 Å². The molecule has 2 unspecified atom stereocenters. The number of amides is 4. The summed E-state index contributed by atoms with van der Waals surface area (Å²) in [6.07, 6.45) is 28.8. The lowest BCUT2D eigenvalue weighted by atomic mass is 9.91. The van der Waals surface area contributed by atoms with Crippen molar-refractivity contribution in [1.82, 2.24) is 26.6 Å². The van der Waals surface area contributed by atoms with Gasteiger partial charge in [-0.05, 0) is 39.2 Å². The molecule has 0 aliphatic carbocycles. The second-order valence-corrected chi connectivity index (χ2v) is 24.2. The highest BCUT2D eigenvalue weighted by Gasteiger charge is 2.29. The summed E-state index contributed by atoms with van der Waals surface area (Å²) in [5.74, 6) is 0.303. The molecule has 408 valence electrons. The molecule has 0 aliphatic rings. The molecule has 69 heavy (non-hydrogen) atoms. The van der Waals surface area contributed by atoms with Crippen LogP contribution in [0.2, 0.25) is 0 Å². The van der Waals surface area contributed by atoms with E-state index in [9.17, 15) is 19.2 Å². The molecule has 0 aromatic heterocycles. The van der Waals surface area contributed by atoms with E-state index in [1.54, 1.807) is 7.05 Å². The molecule has 0 spiro atoms. The molecule has 0 aromatic carbocycles. The second kappa shape index (κ2) is 39.3. The van der Waals surface area contributed by atoms with Crippen LogP contribution in [0.4, 0.5) is 0 Å². The molecule has 11 nitrogen and oxygen atoms in total. The summed E-state index contributed by atoms with van der Waals surface area (Å²) in [5.41, 5.74) is -1.07. The summed E-state index contributed by atoms with van der Waals surface area (Å²) in [6.45, 7) is 29.7. The topological polar surface area (TPSA) is 147 Å². The molecule has 0 saturated heterocycles. The molecular weight excluding hydrogens is 863 g/mol. The normalized spacial score (nSPS) is 13.8. The van der Waals surface area contributed by atoms with Gasteiger partial charge in [0.25, 0.3) is 0 Å². The van der Waals surface area contributed by atoms with Crippen molar-refractivity contribution in [2.75, 3.05) is 59.7 Å². The van der Waals surface area contributed by atoms with Gasteiger partial charge in [-0.3, -0.25) is 19.2 Å². The van der Waals surface area contributed by atoms with Gasteiger partial charge >= 0.3 is 0 Å². The van der Waals surface area contributed by atoms with Crippen molar-refractivity contribution in [2.24, 2.45) is 33.5 Å². The van der Waals surface area contributed by atoms with E-state index >= 15 is 0 Å². The largest absolute Gasteiger partial charge is 0.380 e. The number of likely N-dealkylation sites (N-methyl/N-ethyl adjacent to an activating group) is 1. The Bertz CT molecular complexity index is 1320. The summed E-state index contributed by atoms with van der Waals surface area (Å²) in [4.78, 5) is 53.0. The first-order valence-corrected chi connectivity index (χ1v) is 28.6. The molecule has 0 radical (unpaired) electrons. The van der Waals surface area contributed by atoms with Crippen LogP contribution in [0.25, 0.3) is 0 Å². The molecule has 3 atom stereocenters. The number of hydrogen-bond donors (Lipinski definition) is 5. The predicted octanol–water partition coefficient (Wildman–Crippen LogP) is 12.6. The van der Waals surface area contributed by atoms with Crippen LogP contribution in [0.5, 0.6) is 0 Å². The Kier molecular flexibility index (Phi) is 38.0. The van der Waals surface area contributed by atoms with Crippen LogP contribution in [0, 0.1) is 33.5 Å². The number of unbranched alkanes of at least 4 members (excludes halogenated alkanes) is 16. The fourth-order valence-electron chi connectivity index (χ4n) is 8.70. The lowest BCUT2D eigenvalue weighted by molar-refractivity contribution is -0.127. The van der Waals surface area contributed by atoms with Gasteiger partial charge in [0.2, 0.25) is 23.6 Å².